The Kier molecular flexibility index (Phi) is 3.06. The van der Waals surface area contributed by atoms with Crippen LogP contribution in [0.4, 0.5) is 0 Å². The van der Waals surface area contributed by atoms with Crippen LogP contribution in [-0.2, 0) is 4.79 Å². The minimum Gasteiger partial charge on any atom is -0.338 e. The van der Waals surface area contributed by atoms with Gasteiger partial charge in [-0.3, -0.25) is 4.79 Å². The van der Waals surface area contributed by atoms with E-state index in [1.165, 1.54) is 25.7 Å². The summed E-state index contributed by atoms with van der Waals surface area (Å²) < 4.78 is 0. The number of nitrogens with one attached hydrogen (secondary N) is 1. The van der Waals surface area contributed by atoms with Crippen LogP contribution in [-0.4, -0.2) is 36.0 Å². The van der Waals surface area contributed by atoms with Gasteiger partial charge < -0.3 is 10.2 Å². The maximum atomic E-state index is 11.5. The molecule has 3 heteroatoms. The molecule has 0 aromatic heterocycles. The maximum Gasteiger partial charge on any atom is 0.219 e. The number of carbonyl (C=O) groups excluding carboxylic acids is 1. The highest BCUT2D eigenvalue weighted by Gasteiger charge is 2.33. The van der Waals surface area contributed by atoms with Crippen molar-refractivity contribution in [2.75, 3.05) is 13.1 Å². The summed E-state index contributed by atoms with van der Waals surface area (Å²) in [5.41, 5.74) is 0. The van der Waals surface area contributed by atoms with Crippen molar-refractivity contribution >= 4 is 5.91 Å². The van der Waals surface area contributed by atoms with Gasteiger partial charge in [-0.25, -0.2) is 0 Å². The topological polar surface area (TPSA) is 32.3 Å². The predicted octanol–water partition coefficient (Wildman–Crippen LogP) is 1.14. The fourth-order valence-corrected chi connectivity index (χ4v) is 2.80. The average molecular weight is 196 g/mol. The van der Waals surface area contributed by atoms with E-state index < -0.39 is 0 Å². The van der Waals surface area contributed by atoms with Crippen molar-refractivity contribution in [3.63, 3.8) is 0 Å². The molecule has 0 aromatic carbocycles. The molecule has 2 atom stereocenters. The minimum absolute atomic E-state index is 0.255. The van der Waals surface area contributed by atoms with Crippen molar-refractivity contribution < 1.29 is 4.79 Å². The number of hydrogen-bond donors (Lipinski definition) is 1. The second-order valence-corrected chi connectivity index (χ2v) is 4.48. The van der Waals surface area contributed by atoms with Gasteiger partial charge >= 0.3 is 0 Å². The normalized spacial score (nSPS) is 33.4. The van der Waals surface area contributed by atoms with Crippen molar-refractivity contribution in [3.05, 3.63) is 0 Å². The van der Waals surface area contributed by atoms with Gasteiger partial charge in [-0.1, -0.05) is 12.8 Å². The first-order valence-electron chi connectivity index (χ1n) is 5.79. The summed E-state index contributed by atoms with van der Waals surface area (Å²) in [6.45, 7) is 3.76. The highest BCUT2D eigenvalue weighted by molar-refractivity contribution is 5.73. The Hall–Kier alpha value is -0.570. The smallest absolute Gasteiger partial charge is 0.219 e. The highest BCUT2D eigenvalue weighted by atomic mass is 16.2. The molecule has 0 aromatic rings. The first kappa shape index (κ1) is 9.97. The van der Waals surface area contributed by atoms with E-state index in [2.05, 4.69) is 10.2 Å². The molecule has 2 fully saturated rings. The summed E-state index contributed by atoms with van der Waals surface area (Å²) in [5, 5.41) is 3.52. The molecule has 2 rings (SSSR count). The molecule has 1 N–H and O–H groups in total. The monoisotopic (exact) mass is 196 g/mol. The van der Waals surface area contributed by atoms with Gasteiger partial charge in [0.1, 0.15) is 0 Å². The molecule has 14 heavy (non-hydrogen) atoms. The standard InChI is InChI=1S/C11H20N2O/c1-9(14)13-8-4-2-3-5-10-11(13)6-7-12-10/h10-12H,2-8H2,1H3. The molecule has 1 amide bonds. The summed E-state index contributed by atoms with van der Waals surface area (Å²) in [6, 6.07) is 1.05. The zero-order valence-corrected chi connectivity index (χ0v) is 8.96. The molecule has 0 radical (unpaired) electrons. The number of rotatable bonds is 0. The number of nitrogens with zero attached hydrogens (tertiary/aromatic N) is 1. The fourth-order valence-electron chi connectivity index (χ4n) is 2.80. The molecule has 2 saturated heterocycles. The van der Waals surface area contributed by atoms with Gasteiger partial charge in [-0.2, -0.15) is 0 Å². The van der Waals surface area contributed by atoms with Crippen molar-refractivity contribution in [1.29, 1.82) is 0 Å². The van der Waals surface area contributed by atoms with Gasteiger partial charge in [0.15, 0.2) is 0 Å². The van der Waals surface area contributed by atoms with Crippen molar-refractivity contribution in [1.82, 2.24) is 10.2 Å². The number of carbonyl (C=O) groups is 1. The highest BCUT2D eigenvalue weighted by Crippen LogP contribution is 2.23. The summed E-state index contributed by atoms with van der Waals surface area (Å²) in [5.74, 6) is 0.255. The third-order valence-electron chi connectivity index (χ3n) is 3.53. The van der Waals surface area contributed by atoms with Crippen LogP contribution in [0.1, 0.15) is 39.0 Å². The molecule has 2 aliphatic rings. The molecule has 2 heterocycles. The molecule has 0 saturated carbocycles. The third-order valence-corrected chi connectivity index (χ3v) is 3.53. The van der Waals surface area contributed by atoms with Crippen molar-refractivity contribution in [2.45, 2.75) is 51.1 Å². The van der Waals surface area contributed by atoms with Crippen LogP contribution < -0.4 is 5.32 Å². The molecule has 0 bridgehead atoms. The Labute approximate surface area is 85.8 Å². The molecule has 2 unspecified atom stereocenters. The Bertz CT molecular complexity index is 217. The summed E-state index contributed by atoms with van der Waals surface area (Å²) in [6.07, 6.45) is 6.16. The molecule has 2 aliphatic heterocycles. The van der Waals surface area contributed by atoms with Gasteiger partial charge in [0.25, 0.3) is 0 Å². The Morgan fingerprint density at radius 3 is 2.93 bits per heavy atom. The molecule has 0 aliphatic carbocycles. The van der Waals surface area contributed by atoms with Gasteiger partial charge in [-0.05, 0) is 25.8 Å². The minimum atomic E-state index is 0.255. The van der Waals surface area contributed by atoms with E-state index in [-0.39, 0.29) is 5.91 Å². The Morgan fingerprint density at radius 1 is 1.29 bits per heavy atom. The van der Waals surface area contributed by atoms with Crippen LogP contribution in [0, 0.1) is 0 Å². The lowest BCUT2D eigenvalue weighted by molar-refractivity contribution is -0.131. The van der Waals surface area contributed by atoms with Gasteiger partial charge in [-0.15, -0.1) is 0 Å². The van der Waals surface area contributed by atoms with Crippen molar-refractivity contribution in [2.24, 2.45) is 0 Å². The van der Waals surface area contributed by atoms with Crippen molar-refractivity contribution in [3.8, 4) is 0 Å². The first-order chi connectivity index (χ1) is 6.79. The van der Waals surface area contributed by atoms with Gasteiger partial charge in [0.05, 0.1) is 0 Å². The number of hydrogen-bond acceptors (Lipinski definition) is 2. The fraction of sp³-hybridized carbons (Fsp3) is 0.909. The quantitative estimate of drug-likeness (QED) is 0.630. The Morgan fingerprint density at radius 2 is 2.14 bits per heavy atom. The van der Waals surface area contributed by atoms with Gasteiger partial charge in [0, 0.05) is 25.6 Å². The zero-order chi connectivity index (χ0) is 9.97. The predicted molar refractivity (Wildman–Crippen MR) is 56.1 cm³/mol. The van der Waals surface area contributed by atoms with E-state index in [1.54, 1.807) is 6.92 Å². The Balaban J connectivity index is 2.08. The number of fused-ring (bicyclic) bond motifs is 1. The molecular formula is C11H20N2O. The second-order valence-electron chi connectivity index (χ2n) is 4.48. The second kappa shape index (κ2) is 4.30. The van der Waals surface area contributed by atoms with E-state index in [9.17, 15) is 4.79 Å². The SMILES string of the molecule is CC(=O)N1CCCCCC2NCCC21. The number of likely N-dealkylation sites (tertiary alicyclic amines) is 1. The van der Waals surface area contributed by atoms with Gasteiger partial charge in [0.2, 0.25) is 5.91 Å². The summed E-state index contributed by atoms with van der Waals surface area (Å²) in [4.78, 5) is 13.6. The van der Waals surface area contributed by atoms with Crippen LogP contribution in [0.15, 0.2) is 0 Å². The van der Waals surface area contributed by atoms with E-state index >= 15 is 0 Å². The van der Waals surface area contributed by atoms with Crippen LogP contribution in [0.5, 0.6) is 0 Å². The summed E-state index contributed by atoms with van der Waals surface area (Å²) >= 11 is 0. The average Bonchev–Trinajstić information content (AvgIpc) is 2.51. The molecular weight excluding hydrogens is 176 g/mol. The van der Waals surface area contributed by atoms with E-state index in [4.69, 9.17) is 0 Å². The van der Waals surface area contributed by atoms with E-state index in [1.807, 2.05) is 0 Å². The van der Waals surface area contributed by atoms with Crippen LogP contribution in [0.3, 0.4) is 0 Å². The van der Waals surface area contributed by atoms with E-state index in [0.717, 1.165) is 19.5 Å². The molecule has 80 valence electrons. The van der Waals surface area contributed by atoms with E-state index in [0.29, 0.717) is 12.1 Å². The lowest BCUT2D eigenvalue weighted by Gasteiger charge is -2.34. The maximum absolute atomic E-state index is 11.5. The molecule has 3 nitrogen and oxygen atoms in total. The zero-order valence-electron chi connectivity index (χ0n) is 8.96. The molecule has 0 spiro atoms. The number of amides is 1. The largest absolute Gasteiger partial charge is 0.338 e. The lowest BCUT2D eigenvalue weighted by Crippen LogP contribution is -2.47. The lowest BCUT2D eigenvalue weighted by atomic mass is 9.98. The van der Waals surface area contributed by atoms with Crippen LogP contribution in [0.2, 0.25) is 0 Å². The first-order valence-corrected chi connectivity index (χ1v) is 5.79. The third kappa shape index (κ3) is 1.92. The van der Waals surface area contributed by atoms with Crippen LogP contribution >= 0.6 is 0 Å². The van der Waals surface area contributed by atoms with Crippen LogP contribution in [0.25, 0.3) is 0 Å². The summed E-state index contributed by atoms with van der Waals surface area (Å²) in [7, 11) is 0.